The third-order valence-corrected chi connectivity index (χ3v) is 0. The van der Waals surface area contributed by atoms with Crippen molar-refractivity contribution in [1.29, 1.82) is 11.1 Å². The Kier molecular flexibility index (Phi) is 47.3. The van der Waals surface area contributed by atoms with E-state index in [1.54, 1.807) is 0 Å². The molecule has 0 saturated carbocycles. The Bertz CT molecular complexity index is 62.8. The SMILES string of the molecule is N=[N+]=N.O=[Si]=O. The van der Waals surface area contributed by atoms with Crippen molar-refractivity contribution < 1.29 is 8.92 Å². The molecule has 0 aliphatic rings. The van der Waals surface area contributed by atoms with E-state index >= 15 is 0 Å². The molecule has 2 N–H and O–H groups in total. The van der Waals surface area contributed by atoms with Gasteiger partial charge in [0.2, 0.25) is 4.91 Å². The minimum Gasteiger partial charge on any atom is -0.274 e. The molecule has 0 aromatic carbocycles. The molecular weight excluding hydrogens is 102 g/mol. The predicted molar refractivity (Wildman–Crippen MR) is 14.7 cm³/mol. The zero-order chi connectivity index (χ0) is 5.41. The summed E-state index contributed by atoms with van der Waals surface area (Å²) in [6.07, 6.45) is 0. The van der Waals surface area contributed by atoms with Crippen LogP contribution in [0.3, 0.4) is 0 Å². The molecule has 6 heteroatoms. The van der Waals surface area contributed by atoms with E-state index in [4.69, 9.17) is 20.0 Å². The number of hydrogen-bond donors (Lipinski definition) is 2. The lowest BCUT2D eigenvalue weighted by atomic mass is 13.0. The zero-order valence-corrected chi connectivity index (χ0v) is 3.76. The number of rotatable bonds is 0. The van der Waals surface area contributed by atoms with Crippen LogP contribution < -0.4 is 4.91 Å². The monoisotopic (exact) mass is 104 g/mol. The number of hydrogen-bond acceptors (Lipinski definition) is 4. The minimum absolute atomic E-state index is 1.42. The summed E-state index contributed by atoms with van der Waals surface area (Å²) in [7, 11) is -1.42. The van der Waals surface area contributed by atoms with E-state index in [0.717, 1.165) is 0 Å². The highest BCUT2D eigenvalue weighted by molar-refractivity contribution is 5.94. The van der Waals surface area contributed by atoms with Crippen molar-refractivity contribution in [1.82, 2.24) is 4.91 Å². The summed E-state index contributed by atoms with van der Waals surface area (Å²) in [6.45, 7) is 0. The van der Waals surface area contributed by atoms with Crippen LogP contribution in [0.25, 0.3) is 0 Å². The van der Waals surface area contributed by atoms with Gasteiger partial charge in [-0.05, 0) is 0 Å². The predicted octanol–water partition coefficient (Wildman–Crippen LogP) is -0.503. The topological polar surface area (TPSA) is 95.9 Å². The van der Waals surface area contributed by atoms with Crippen LogP contribution in [-0.2, 0) is 8.92 Å². The molecule has 6 heavy (non-hydrogen) atoms. The van der Waals surface area contributed by atoms with Gasteiger partial charge in [-0.2, -0.15) is 0 Å². The summed E-state index contributed by atoms with van der Waals surface area (Å²) >= 11 is 0. The smallest absolute Gasteiger partial charge is 0.274 e. The van der Waals surface area contributed by atoms with E-state index in [1.165, 1.54) is 0 Å². The highest BCUT2D eigenvalue weighted by Crippen LogP contribution is 0.841. The fourth-order valence-electron chi connectivity index (χ4n) is 0. The zero-order valence-electron chi connectivity index (χ0n) is 2.76. The number of nitrogens with one attached hydrogen (secondary N) is 2. The summed E-state index contributed by atoms with van der Waals surface area (Å²) in [6, 6.07) is 0. The summed E-state index contributed by atoms with van der Waals surface area (Å²) in [5, 5.41) is 0. The Labute approximate surface area is 35.3 Å². The first kappa shape index (κ1) is 8.93. The number of nitrogens with zero attached hydrogens (tertiary/aromatic N) is 1. The third kappa shape index (κ3) is 18.6. The second-order valence-corrected chi connectivity index (χ2v) is 0.362. The van der Waals surface area contributed by atoms with Gasteiger partial charge in [-0.15, -0.1) is 0 Å². The standard InChI is InChI=1S/H2N3.O2Si/c2*1-3-2/h1-2H;/q+1;. The lowest BCUT2D eigenvalue weighted by Gasteiger charge is -0.944. The Morgan fingerprint density at radius 3 is 1.33 bits per heavy atom. The lowest BCUT2D eigenvalue weighted by Crippen LogP contribution is -1.26. The maximum absolute atomic E-state index is 8.40. The van der Waals surface area contributed by atoms with Crippen LogP contribution in [0.15, 0.2) is 0 Å². The second kappa shape index (κ2) is 31.8. The van der Waals surface area contributed by atoms with Crippen molar-refractivity contribution in [2.45, 2.75) is 0 Å². The van der Waals surface area contributed by atoms with Crippen molar-refractivity contribution in [3.8, 4) is 0 Å². The molecule has 0 radical (unpaired) electrons. The van der Waals surface area contributed by atoms with Gasteiger partial charge < -0.3 is 0 Å². The minimum atomic E-state index is -1.42. The van der Waals surface area contributed by atoms with Gasteiger partial charge >= 0.3 is 9.29 Å². The van der Waals surface area contributed by atoms with Crippen LogP contribution >= 0.6 is 0 Å². The summed E-state index contributed by atoms with van der Waals surface area (Å²) in [4.78, 5) is 2.00. The molecule has 5 nitrogen and oxygen atoms in total. The van der Waals surface area contributed by atoms with Gasteiger partial charge in [0.1, 0.15) is 11.1 Å². The van der Waals surface area contributed by atoms with Gasteiger partial charge in [-0.3, -0.25) is 8.92 Å². The molecule has 0 rings (SSSR count). The highest BCUT2D eigenvalue weighted by atomic mass is 28.2. The summed E-state index contributed by atoms with van der Waals surface area (Å²) in [5.74, 6) is 0. The summed E-state index contributed by atoms with van der Waals surface area (Å²) < 4.78 is 16.8. The Morgan fingerprint density at radius 2 is 1.33 bits per heavy atom. The average molecular weight is 104 g/mol. The maximum atomic E-state index is 8.40. The Morgan fingerprint density at radius 1 is 1.33 bits per heavy atom. The first-order valence-electron chi connectivity index (χ1n) is 0.855. The molecule has 0 bridgehead atoms. The molecule has 0 aliphatic heterocycles. The average Bonchev–Trinajstić information content (AvgIpc) is 1.39. The van der Waals surface area contributed by atoms with E-state index in [1.807, 2.05) is 4.91 Å². The van der Waals surface area contributed by atoms with Crippen molar-refractivity contribution in [3.05, 3.63) is 0 Å². The first-order valence-corrected chi connectivity index (χ1v) is 1.67. The van der Waals surface area contributed by atoms with Crippen molar-refractivity contribution in [2.75, 3.05) is 0 Å². The maximum Gasteiger partial charge on any atom is 0.549 e. The van der Waals surface area contributed by atoms with E-state index in [0.29, 0.717) is 0 Å². The fraction of sp³-hybridized carbons (Fsp3) is 0. The van der Waals surface area contributed by atoms with Gasteiger partial charge in [0.15, 0.2) is 0 Å². The van der Waals surface area contributed by atoms with Crippen LogP contribution in [0.5, 0.6) is 0 Å². The molecule has 0 aliphatic carbocycles. The lowest BCUT2D eigenvalue weighted by molar-refractivity contribution is 0.497. The third-order valence-electron chi connectivity index (χ3n) is 0. The van der Waals surface area contributed by atoms with Crippen LogP contribution in [0.2, 0.25) is 0 Å². The van der Waals surface area contributed by atoms with Crippen molar-refractivity contribution in [2.24, 2.45) is 0 Å². The van der Waals surface area contributed by atoms with E-state index in [-0.39, 0.29) is 0 Å². The van der Waals surface area contributed by atoms with Gasteiger partial charge in [-0.1, -0.05) is 0 Å². The molecule has 32 valence electrons. The molecule has 0 fully saturated rings. The summed E-state index contributed by atoms with van der Waals surface area (Å²) in [5.41, 5.74) is 11.0. The van der Waals surface area contributed by atoms with Gasteiger partial charge in [0.05, 0.1) is 0 Å². The van der Waals surface area contributed by atoms with Crippen LogP contribution in [-0.4, -0.2) is 9.29 Å². The van der Waals surface area contributed by atoms with Crippen molar-refractivity contribution in [3.63, 3.8) is 0 Å². The Hall–Kier alpha value is -0.873. The molecule has 0 aromatic heterocycles. The van der Waals surface area contributed by atoms with Crippen LogP contribution in [0.4, 0.5) is 0 Å². The fourth-order valence-corrected chi connectivity index (χ4v) is 0. The Balaban J connectivity index is 0. The molecule has 0 atom stereocenters. The van der Waals surface area contributed by atoms with Crippen molar-refractivity contribution >= 4 is 9.29 Å². The van der Waals surface area contributed by atoms with Gasteiger partial charge in [0, 0.05) is 0 Å². The van der Waals surface area contributed by atoms with Crippen LogP contribution in [0, 0.1) is 11.1 Å². The van der Waals surface area contributed by atoms with E-state index in [2.05, 4.69) is 0 Å². The molecule has 0 saturated heterocycles. The molecule has 0 amide bonds. The van der Waals surface area contributed by atoms with E-state index < -0.39 is 9.29 Å². The highest BCUT2D eigenvalue weighted by Gasteiger charge is 1.22. The molecular formula is H2N3O2Si+. The molecule has 0 unspecified atom stereocenters. The molecule has 0 heterocycles. The molecule has 0 spiro atoms. The normalized spacial score (nSPS) is 2.67. The largest absolute Gasteiger partial charge is 0.549 e. The van der Waals surface area contributed by atoms with E-state index in [9.17, 15) is 0 Å². The van der Waals surface area contributed by atoms with Crippen LogP contribution in [0.1, 0.15) is 0 Å². The van der Waals surface area contributed by atoms with Gasteiger partial charge in [-0.25, -0.2) is 0 Å². The second-order valence-electron chi connectivity index (χ2n) is 0.195. The first-order chi connectivity index (χ1) is 2.83. The molecule has 0 aromatic rings. The van der Waals surface area contributed by atoms with Gasteiger partial charge in [0.25, 0.3) is 0 Å². The quantitative estimate of drug-likeness (QED) is 0.246.